The molecule has 3 rings (SSSR count). The fourth-order valence-electron chi connectivity index (χ4n) is 3.13. The smallest absolute Gasteiger partial charge is 0.179 e. The number of hydrogen-bond acceptors (Lipinski definition) is 5. The summed E-state index contributed by atoms with van der Waals surface area (Å²) < 4.78 is 33.2. The maximum absolute atomic E-state index is 11.5. The summed E-state index contributed by atoms with van der Waals surface area (Å²) in [7, 11) is -4.27. The van der Waals surface area contributed by atoms with Gasteiger partial charge in [0.05, 0.1) is 10.5 Å². The van der Waals surface area contributed by atoms with E-state index in [-0.39, 0.29) is 10.7 Å². The van der Waals surface area contributed by atoms with Gasteiger partial charge in [0.15, 0.2) is 24.7 Å². The van der Waals surface area contributed by atoms with Crippen molar-refractivity contribution in [2.24, 2.45) is 0 Å². The number of aromatic nitrogens is 1. The Morgan fingerprint density at radius 2 is 1.56 bits per heavy atom. The number of rotatable bonds is 9. The first-order valence-corrected chi connectivity index (χ1v) is 13.1. The lowest BCUT2D eigenvalue weighted by molar-refractivity contribution is -0.688. The second kappa shape index (κ2) is 13.4. The molecule has 1 heterocycles. The number of benzene rings is 2. The lowest BCUT2D eigenvalue weighted by Crippen LogP contribution is -2.34. The molecule has 0 N–H and O–H groups in total. The highest BCUT2D eigenvalue weighted by Crippen LogP contribution is 2.15. The molecule has 0 saturated carbocycles. The Morgan fingerprint density at radius 3 is 2.06 bits per heavy atom. The molecular weight excluding hydrogens is 495 g/mol. The van der Waals surface area contributed by atoms with Crippen molar-refractivity contribution in [2.45, 2.75) is 25.3 Å². The van der Waals surface area contributed by atoms with Crippen molar-refractivity contribution in [1.82, 2.24) is 0 Å². The SMILES string of the molecule is CC(=O)c1ccc[n+](Cc2ccc(N(CCCl)CCCl)cc2)c1.Cc1ccc(S(=O)(=O)[O-])cc1. The summed E-state index contributed by atoms with van der Waals surface area (Å²) in [6.45, 7) is 5.69. The predicted octanol–water partition coefficient (Wildman–Crippen LogP) is 4.41. The third-order valence-corrected chi connectivity index (χ3v) is 6.14. The maximum atomic E-state index is 11.5. The number of carbonyl (C=O) groups excluding carboxylic acids is 1. The summed E-state index contributed by atoms with van der Waals surface area (Å²) >= 11 is 11.7. The van der Waals surface area contributed by atoms with Gasteiger partial charge in [0.2, 0.25) is 0 Å². The fraction of sp³-hybridized carbons (Fsp3) is 0.280. The van der Waals surface area contributed by atoms with Crippen LogP contribution in [0.4, 0.5) is 5.69 Å². The molecule has 0 amide bonds. The Kier molecular flexibility index (Phi) is 11.0. The quantitative estimate of drug-likeness (QED) is 0.180. The Morgan fingerprint density at radius 1 is 0.971 bits per heavy atom. The van der Waals surface area contributed by atoms with E-state index >= 15 is 0 Å². The molecule has 2 aromatic carbocycles. The van der Waals surface area contributed by atoms with Crippen molar-refractivity contribution in [3.63, 3.8) is 0 Å². The third-order valence-electron chi connectivity index (χ3n) is 4.95. The Hall–Kier alpha value is -2.45. The van der Waals surface area contributed by atoms with E-state index in [9.17, 15) is 17.8 Å². The van der Waals surface area contributed by atoms with E-state index < -0.39 is 10.1 Å². The van der Waals surface area contributed by atoms with Gasteiger partial charge in [0, 0.05) is 42.2 Å². The average molecular weight is 523 g/mol. The van der Waals surface area contributed by atoms with Crippen LogP contribution in [0.5, 0.6) is 0 Å². The van der Waals surface area contributed by atoms with E-state index in [0.717, 1.165) is 36.4 Å². The number of Topliss-reactive ketones (excluding diaryl/α,β-unsaturated/α-hetero) is 1. The van der Waals surface area contributed by atoms with Crippen LogP contribution in [0.15, 0.2) is 78.0 Å². The number of alkyl halides is 2. The van der Waals surface area contributed by atoms with Crippen LogP contribution in [0, 0.1) is 6.92 Å². The van der Waals surface area contributed by atoms with Gasteiger partial charge in [-0.25, -0.2) is 13.0 Å². The molecular formula is C25H28Cl2N2O4S. The monoisotopic (exact) mass is 522 g/mol. The van der Waals surface area contributed by atoms with E-state index in [1.807, 2.05) is 36.0 Å². The zero-order chi connectivity index (χ0) is 25.1. The van der Waals surface area contributed by atoms with Crippen LogP contribution in [0.25, 0.3) is 0 Å². The van der Waals surface area contributed by atoms with Crippen LogP contribution in [0.2, 0.25) is 0 Å². The predicted molar refractivity (Wildman–Crippen MR) is 135 cm³/mol. The molecule has 3 aromatic rings. The molecule has 0 saturated heterocycles. The van der Waals surface area contributed by atoms with Gasteiger partial charge in [0.25, 0.3) is 0 Å². The minimum absolute atomic E-state index is 0.0764. The molecule has 0 fully saturated rings. The summed E-state index contributed by atoms with van der Waals surface area (Å²) in [5.74, 6) is 1.23. The minimum Gasteiger partial charge on any atom is -0.744 e. The highest BCUT2D eigenvalue weighted by Gasteiger charge is 2.09. The first kappa shape index (κ1) is 27.8. The van der Waals surface area contributed by atoms with Gasteiger partial charge < -0.3 is 9.45 Å². The van der Waals surface area contributed by atoms with Gasteiger partial charge in [-0.2, -0.15) is 0 Å². The summed E-state index contributed by atoms with van der Waals surface area (Å²) in [4.78, 5) is 13.4. The normalized spacial score (nSPS) is 10.9. The highest BCUT2D eigenvalue weighted by atomic mass is 35.5. The Labute approximate surface area is 211 Å². The lowest BCUT2D eigenvalue weighted by atomic mass is 10.1. The van der Waals surface area contributed by atoms with Crippen LogP contribution in [0.1, 0.15) is 28.4 Å². The molecule has 182 valence electrons. The molecule has 0 aliphatic heterocycles. The number of carbonyl (C=O) groups is 1. The summed E-state index contributed by atoms with van der Waals surface area (Å²) in [5, 5.41) is 0. The van der Waals surface area contributed by atoms with Crippen molar-refractivity contribution < 1.29 is 22.3 Å². The summed E-state index contributed by atoms with van der Waals surface area (Å²) in [6, 6.07) is 17.9. The number of anilines is 1. The summed E-state index contributed by atoms with van der Waals surface area (Å²) in [5.41, 5.74) is 3.95. The van der Waals surface area contributed by atoms with Crippen molar-refractivity contribution in [1.29, 1.82) is 0 Å². The standard InChI is InChI=1S/C18H21Cl2N2O.C7H8O3S/c1-15(23)17-3-2-10-21(14-17)13-16-4-6-18(7-5-16)22(11-8-19)12-9-20;1-6-2-4-7(5-3-6)11(8,9)10/h2-7,10,14H,8-9,11-13H2,1H3;2-5H,1H3,(H,8,9,10)/q+1;/p-1. The maximum Gasteiger partial charge on any atom is 0.179 e. The number of halogens is 2. The third kappa shape index (κ3) is 9.06. The van der Waals surface area contributed by atoms with Gasteiger partial charge in [0.1, 0.15) is 10.1 Å². The van der Waals surface area contributed by atoms with Crippen LogP contribution in [-0.2, 0) is 16.7 Å². The molecule has 0 aliphatic rings. The topological polar surface area (TPSA) is 81.4 Å². The molecule has 0 atom stereocenters. The van der Waals surface area contributed by atoms with E-state index in [0.29, 0.717) is 11.8 Å². The molecule has 0 aliphatic carbocycles. The number of nitrogens with zero attached hydrogens (tertiary/aromatic N) is 2. The van der Waals surface area contributed by atoms with Crippen molar-refractivity contribution in [3.05, 3.63) is 89.7 Å². The fourth-order valence-corrected chi connectivity index (χ4v) is 4.01. The van der Waals surface area contributed by atoms with E-state index in [1.165, 1.54) is 17.7 Å². The zero-order valence-corrected chi connectivity index (χ0v) is 21.5. The van der Waals surface area contributed by atoms with E-state index in [2.05, 4.69) is 29.2 Å². The van der Waals surface area contributed by atoms with Crippen molar-refractivity contribution in [3.8, 4) is 0 Å². The van der Waals surface area contributed by atoms with E-state index in [1.54, 1.807) is 19.1 Å². The molecule has 0 bridgehead atoms. The molecule has 0 radical (unpaired) electrons. The van der Waals surface area contributed by atoms with Gasteiger partial charge in [-0.15, -0.1) is 23.2 Å². The molecule has 6 nitrogen and oxygen atoms in total. The Bertz CT molecular complexity index is 1160. The zero-order valence-electron chi connectivity index (χ0n) is 19.2. The second-order valence-corrected chi connectivity index (χ2v) is 9.76. The number of pyridine rings is 1. The van der Waals surface area contributed by atoms with Crippen LogP contribution >= 0.6 is 23.2 Å². The van der Waals surface area contributed by atoms with Crippen molar-refractivity contribution >= 4 is 44.8 Å². The van der Waals surface area contributed by atoms with Gasteiger partial charge in [-0.3, -0.25) is 4.79 Å². The average Bonchev–Trinajstić information content (AvgIpc) is 2.80. The molecule has 1 aromatic heterocycles. The van der Waals surface area contributed by atoms with Crippen LogP contribution < -0.4 is 9.47 Å². The lowest BCUT2D eigenvalue weighted by Gasteiger charge is -2.22. The van der Waals surface area contributed by atoms with Gasteiger partial charge in [-0.1, -0.05) is 29.8 Å². The molecule has 0 spiro atoms. The van der Waals surface area contributed by atoms with E-state index in [4.69, 9.17) is 23.2 Å². The van der Waals surface area contributed by atoms with Crippen molar-refractivity contribution in [2.75, 3.05) is 29.7 Å². The number of ketones is 1. The molecule has 9 heteroatoms. The summed E-state index contributed by atoms with van der Waals surface area (Å²) in [6.07, 6.45) is 3.84. The number of hydrogen-bond donors (Lipinski definition) is 0. The largest absolute Gasteiger partial charge is 0.744 e. The highest BCUT2D eigenvalue weighted by molar-refractivity contribution is 7.85. The minimum atomic E-state index is -4.27. The first-order valence-electron chi connectivity index (χ1n) is 10.6. The van der Waals surface area contributed by atoms with Gasteiger partial charge >= 0.3 is 0 Å². The van der Waals surface area contributed by atoms with Crippen LogP contribution in [-0.4, -0.2) is 43.6 Å². The van der Waals surface area contributed by atoms with Crippen LogP contribution in [0.3, 0.4) is 0 Å². The number of aryl methyl sites for hydroxylation is 1. The second-order valence-electron chi connectivity index (χ2n) is 7.62. The molecule has 0 unspecified atom stereocenters. The van der Waals surface area contributed by atoms with Gasteiger partial charge in [-0.05, 0) is 44.2 Å². The molecule has 34 heavy (non-hydrogen) atoms. The Balaban J connectivity index is 0.000000310. The first-order chi connectivity index (χ1) is 16.1.